The van der Waals surface area contributed by atoms with Crippen molar-refractivity contribution in [2.24, 2.45) is 7.05 Å². The number of halogens is 3. The highest BCUT2D eigenvalue weighted by Gasteiger charge is 2.30. The van der Waals surface area contributed by atoms with Crippen LogP contribution in [0, 0.1) is 0 Å². The lowest BCUT2D eigenvalue weighted by Gasteiger charge is -2.24. The molecule has 1 aromatic heterocycles. The van der Waals surface area contributed by atoms with Crippen LogP contribution in [0.1, 0.15) is 42.4 Å². The molecule has 0 atom stereocenters. The molecule has 1 heterocycles. The Morgan fingerprint density at radius 3 is 2.48 bits per heavy atom. The first-order chi connectivity index (χ1) is 11.8. The van der Waals surface area contributed by atoms with Crippen molar-refractivity contribution in [3.8, 4) is 0 Å². The number of nitrogens with zero attached hydrogens (tertiary/aromatic N) is 3. The molecule has 2 aromatic rings. The van der Waals surface area contributed by atoms with Gasteiger partial charge in [0.2, 0.25) is 0 Å². The zero-order valence-corrected chi connectivity index (χ0v) is 13.6. The van der Waals surface area contributed by atoms with E-state index in [9.17, 15) is 18.0 Å². The number of hydrogen-bond acceptors (Lipinski definition) is 3. The first-order valence-corrected chi connectivity index (χ1v) is 7.95. The average Bonchev–Trinajstić information content (AvgIpc) is 2.84. The van der Waals surface area contributed by atoms with Crippen molar-refractivity contribution in [3.05, 3.63) is 41.5 Å². The van der Waals surface area contributed by atoms with Gasteiger partial charge in [0, 0.05) is 18.7 Å². The Morgan fingerprint density at radius 1 is 1.24 bits per heavy atom. The lowest BCUT2D eigenvalue weighted by Crippen LogP contribution is -2.29. The fourth-order valence-corrected chi connectivity index (χ4v) is 2.63. The summed E-state index contributed by atoms with van der Waals surface area (Å²) in [5, 5.41) is 13.4. The van der Waals surface area contributed by atoms with Crippen molar-refractivity contribution in [2.75, 3.05) is 5.32 Å². The number of rotatable bonds is 4. The van der Waals surface area contributed by atoms with Gasteiger partial charge in [0.1, 0.15) is 5.82 Å². The number of amides is 2. The monoisotopic (exact) mass is 353 g/mol. The second-order valence-electron chi connectivity index (χ2n) is 6.04. The summed E-state index contributed by atoms with van der Waals surface area (Å²) in [6.45, 7) is 0.183. The smallest absolute Gasteiger partial charge is 0.331 e. The fraction of sp³-hybridized carbons (Fsp3) is 0.438. The van der Waals surface area contributed by atoms with Crippen LogP contribution in [0.25, 0.3) is 0 Å². The Labute approximate surface area is 142 Å². The maximum absolute atomic E-state index is 12.5. The van der Waals surface area contributed by atoms with Gasteiger partial charge in [-0.1, -0.05) is 6.42 Å². The molecule has 2 amide bonds. The molecule has 1 fully saturated rings. The van der Waals surface area contributed by atoms with E-state index in [1.807, 2.05) is 11.6 Å². The molecule has 3 rings (SSSR count). The fourth-order valence-electron chi connectivity index (χ4n) is 2.63. The van der Waals surface area contributed by atoms with E-state index < -0.39 is 17.8 Å². The molecule has 0 spiro atoms. The van der Waals surface area contributed by atoms with Gasteiger partial charge in [-0.3, -0.25) is 0 Å². The summed E-state index contributed by atoms with van der Waals surface area (Å²) < 4.78 is 39.4. The van der Waals surface area contributed by atoms with E-state index in [0.717, 1.165) is 30.8 Å². The van der Waals surface area contributed by atoms with Crippen LogP contribution in [0.2, 0.25) is 0 Å². The van der Waals surface area contributed by atoms with Crippen molar-refractivity contribution in [2.45, 2.75) is 37.9 Å². The van der Waals surface area contributed by atoms with E-state index in [1.54, 1.807) is 0 Å². The van der Waals surface area contributed by atoms with Crippen molar-refractivity contribution < 1.29 is 18.0 Å². The molecule has 0 unspecified atom stereocenters. The largest absolute Gasteiger partial charge is 0.416 e. The molecule has 0 radical (unpaired) electrons. The molecule has 1 aliphatic rings. The van der Waals surface area contributed by atoms with Gasteiger partial charge in [-0.05, 0) is 37.1 Å². The minimum absolute atomic E-state index is 0.183. The van der Waals surface area contributed by atoms with E-state index in [1.165, 1.54) is 18.6 Å². The third kappa shape index (κ3) is 3.92. The Balaban J connectivity index is 1.54. The number of aromatic nitrogens is 3. The van der Waals surface area contributed by atoms with Crippen molar-refractivity contribution in [1.82, 2.24) is 20.1 Å². The number of hydrogen-bond donors (Lipinski definition) is 2. The van der Waals surface area contributed by atoms with Crippen molar-refractivity contribution in [3.63, 3.8) is 0 Å². The molecule has 0 saturated heterocycles. The molecule has 25 heavy (non-hydrogen) atoms. The molecule has 1 saturated carbocycles. The second kappa shape index (κ2) is 6.73. The van der Waals surface area contributed by atoms with Crippen LogP contribution < -0.4 is 10.6 Å². The van der Waals surface area contributed by atoms with Crippen LogP contribution in [-0.2, 0) is 19.8 Å². The van der Waals surface area contributed by atoms with Gasteiger partial charge in [-0.15, -0.1) is 10.2 Å². The van der Waals surface area contributed by atoms with Crippen molar-refractivity contribution in [1.29, 1.82) is 0 Å². The van der Waals surface area contributed by atoms with Crippen LogP contribution in [0.3, 0.4) is 0 Å². The Kier molecular flexibility index (Phi) is 4.65. The van der Waals surface area contributed by atoms with Gasteiger partial charge in [-0.25, -0.2) is 4.79 Å². The molecular weight excluding hydrogens is 335 g/mol. The summed E-state index contributed by atoms with van der Waals surface area (Å²) >= 11 is 0. The minimum Gasteiger partial charge on any atom is -0.331 e. The van der Waals surface area contributed by atoms with Crippen LogP contribution in [-0.4, -0.2) is 20.8 Å². The molecule has 1 aliphatic carbocycles. The van der Waals surface area contributed by atoms with Crippen LogP contribution in [0.4, 0.5) is 23.7 Å². The van der Waals surface area contributed by atoms with Crippen LogP contribution >= 0.6 is 0 Å². The molecule has 6 nitrogen and oxygen atoms in total. The Morgan fingerprint density at radius 2 is 1.92 bits per heavy atom. The summed E-state index contributed by atoms with van der Waals surface area (Å²) in [5.41, 5.74) is -0.486. The van der Waals surface area contributed by atoms with E-state index in [4.69, 9.17) is 0 Å². The molecule has 2 N–H and O–H groups in total. The summed E-state index contributed by atoms with van der Waals surface area (Å²) in [6.07, 6.45) is -0.994. The highest BCUT2D eigenvalue weighted by molar-refractivity contribution is 5.89. The van der Waals surface area contributed by atoms with Crippen LogP contribution in [0.15, 0.2) is 24.3 Å². The lowest BCUT2D eigenvalue weighted by molar-refractivity contribution is -0.137. The number of carbonyl (C=O) groups excluding carboxylic acids is 1. The zero-order chi connectivity index (χ0) is 18.0. The summed E-state index contributed by atoms with van der Waals surface area (Å²) in [4.78, 5) is 11.9. The Bertz CT molecular complexity index is 750. The van der Waals surface area contributed by atoms with Gasteiger partial charge >= 0.3 is 12.2 Å². The predicted octanol–water partition coefficient (Wildman–Crippen LogP) is 3.42. The third-order valence-electron chi connectivity index (χ3n) is 4.35. The molecule has 0 bridgehead atoms. The van der Waals surface area contributed by atoms with E-state index in [-0.39, 0.29) is 12.2 Å². The second-order valence-corrected chi connectivity index (χ2v) is 6.04. The van der Waals surface area contributed by atoms with Crippen LogP contribution in [0.5, 0.6) is 0 Å². The van der Waals surface area contributed by atoms with Gasteiger partial charge in [-0.2, -0.15) is 13.2 Å². The summed E-state index contributed by atoms with van der Waals surface area (Å²) in [6, 6.07) is 3.73. The first-order valence-electron chi connectivity index (χ1n) is 7.95. The van der Waals surface area contributed by atoms with E-state index >= 15 is 0 Å². The standard InChI is InChI=1S/C16H18F3N5O/c1-24-13(22-23-14(24)10-3-2-4-10)9-20-15(25)21-12-7-5-11(6-8-12)16(17,18)19/h5-8,10H,2-4,9H2,1H3,(H2,20,21,25). The number of anilines is 1. The molecule has 1 aromatic carbocycles. The normalized spacial score (nSPS) is 14.9. The maximum atomic E-state index is 12.5. The number of alkyl halides is 3. The van der Waals surface area contributed by atoms with Gasteiger partial charge < -0.3 is 15.2 Å². The lowest BCUT2D eigenvalue weighted by atomic mass is 9.85. The van der Waals surface area contributed by atoms with Gasteiger partial charge in [0.05, 0.1) is 12.1 Å². The highest BCUT2D eigenvalue weighted by Crippen LogP contribution is 2.35. The number of benzene rings is 1. The molecule has 0 aliphatic heterocycles. The quantitative estimate of drug-likeness (QED) is 0.885. The molecule has 9 heteroatoms. The SMILES string of the molecule is Cn1c(CNC(=O)Nc2ccc(C(F)(F)F)cc2)nnc1C1CCC1. The molecule has 134 valence electrons. The predicted molar refractivity (Wildman–Crippen MR) is 84.9 cm³/mol. The average molecular weight is 353 g/mol. The number of carbonyl (C=O) groups is 1. The highest BCUT2D eigenvalue weighted by atomic mass is 19.4. The third-order valence-corrected chi connectivity index (χ3v) is 4.35. The first kappa shape index (κ1) is 17.2. The van der Waals surface area contributed by atoms with E-state index in [2.05, 4.69) is 20.8 Å². The maximum Gasteiger partial charge on any atom is 0.416 e. The van der Waals surface area contributed by atoms with Gasteiger partial charge in [0.15, 0.2) is 5.82 Å². The number of urea groups is 1. The minimum atomic E-state index is -4.40. The van der Waals surface area contributed by atoms with Crippen molar-refractivity contribution >= 4 is 11.7 Å². The van der Waals surface area contributed by atoms with Gasteiger partial charge in [0.25, 0.3) is 0 Å². The zero-order valence-electron chi connectivity index (χ0n) is 13.6. The topological polar surface area (TPSA) is 71.8 Å². The number of nitrogens with one attached hydrogen (secondary N) is 2. The summed E-state index contributed by atoms with van der Waals surface area (Å²) in [5.74, 6) is 1.99. The summed E-state index contributed by atoms with van der Waals surface area (Å²) in [7, 11) is 1.86. The Hall–Kier alpha value is -2.58. The molecular formula is C16H18F3N5O. The van der Waals surface area contributed by atoms with E-state index in [0.29, 0.717) is 11.7 Å².